The fourth-order valence-electron chi connectivity index (χ4n) is 1.52. The molecule has 0 N–H and O–H groups in total. The third kappa shape index (κ3) is 3.00. The highest BCUT2D eigenvalue weighted by Crippen LogP contribution is 2.29. The summed E-state index contributed by atoms with van der Waals surface area (Å²) in [5.74, 6) is 1.85. The maximum absolute atomic E-state index is 6.09. The Morgan fingerprint density at radius 1 is 1.26 bits per heavy atom. The summed E-state index contributed by atoms with van der Waals surface area (Å²) in [5.41, 5.74) is 0.989. The molecule has 0 aliphatic carbocycles. The van der Waals surface area contributed by atoms with Gasteiger partial charge in [-0.2, -0.15) is 16.3 Å². The van der Waals surface area contributed by atoms with E-state index >= 15 is 0 Å². The van der Waals surface area contributed by atoms with E-state index in [9.17, 15) is 0 Å². The first kappa shape index (κ1) is 12.7. The van der Waals surface area contributed by atoms with Crippen molar-refractivity contribution in [2.24, 2.45) is 0 Å². The predicted octanol–water partition coefficient (Wildman–Crippen LogP) is 4.74. The Labute approximate surface area is 123 Å². The van der Waals surface area contributed by atoms with Gasteiger partial charge < -0.3 is 4.52 Å². The van der Waals surface area contributed by atoms with E-state index in [0.29, 0.717) is 17.5 Å². The number of hydrogen-bond acceptors (Lipinski definition) is 5. The Morgan fingerprint density at radius 2 is 2.16 bits per heavy atom. The second kappa shape index (κ2) is 5.77. The van der Waals surface area contributed by atoms with Crippen LogP contribution >= 0.6 is 34.7 Å². The van der Waals surface area contributed by atoms with E-state index in [1.165, 1.54) is 0 Å². The van der Waals surface area contributed by atoms with Gasteiger partial charge >= 0.3 is 0 Å². The first-order valence-corrected chi connectivity index (χ1v) is 7.86. The zero-order valence-corrected chi connectivity index (χ0v) is 12.1. The highest BCUT2D eigenvalue weighted by molar-refractivity contribution is 7.98. The van der Waals surface area contributed by atoms with Crippen molar-refractivity contribution in [2.45, 2.75) is 10.6 Å². The molecule has 3 rings (SSSR count). The van der Waals surface area contributed by atoms with Gasteiger partial charge in [0, 0.05) is 15.8 Å². The molecule has 0 amide bonds. The maximum atomic E-state index is 6.09. The molecule has 2 aromatic heterocycles. The summed E-state index contributed by atoms with van der Waals surface area (Å²) in [6.07, 6.45) is 0. The van der Waals surface area contributed by atoms with Crippen LogP contribution in [0.1, 0.15) is 5.89 Å². The van der Waals surface area contributed by atoms with Gasteiger partial charge in [-0.1, -0.05) is 28.9 Å². The molecule has 1 aromatic carbocycles. The SMILES string of the molecule is Clc1ccccc1SCc1nc(-c2ccsc2)no1. The highest BCUT2D eigenvalue weighted by Gasteiger charge is 2.10. The number of thioether (sulfide) groups is 1. The zero-order chi connectivity index (χ0) is 13.1. The quantitative estimate of drug-likeness (QED) is 0.652. The van der Waals surface area contributed by atoms with Crippen LogP contribution in [-0.4, -0.2) is 10.1 Å². The summed E-state index contributed by atoms with van der Waals surface area (Å²) in [4.78, 5) is 5.38. The summed E-state index contributed by atoms with van der Waals surface area (Å²) in [6, 6.07) is 9.69. The van der Waals surface area contributed by atoms with Crippen LogP contribution in [0.25, 0.3) is 11.4 Å². The van der Waals surface area contributed by atoms with Crippen LogP contribution < -0.4 is 0 Å². The van der Waals surface area contributed by atoms with Crippen LogP contribution in [0.2, 0.25) is 5.02 Å². The first-order valence-electron chi connectivity index (χ1n) is 5.55. The van der Waals surface area contributed by atoms with Gasteiger partial charge in [-0.3, -0.25) is 0 Å². The number of halogens is 1. The molecule has 0 atom stereocenters. The average molecular weight is 309 g/mol. The van der Waals surface area contributed by atoms with Crippen LogP contribution in [0.5, 0.6) is 0 Å². The summed E-state index contributed by atoms with van der Waals surface area (Å²) < 4.78 is 5.23. The molecule has 6 heteroatoms. The van der Waals surface area contributed by atoms with E-state index in [-0.39, 0.29) is 0 Å². The van der Waals surface area contributed by atoms with Gasteiger partial charge in [0.05, 0.1) is 10.8 Å². The number of aromatic nitrogens is 2. The summed E-state index contributed by atoms with van der Waals surface area (Å²) in [6.45, 7) is 0. The molecule has 0 saturated carbocycles. The smallest absolute Gasteiger partial charge is 0.237 e. The highest BCUT2D eigenvalue weighted by atomic mass is 35.5. The Kier molecular flexibility index (Phi) is 3.87. The molecule has 0 aliphatic rings. The van der Waals surface area contributed by atoms with Crippen LogP contribution in [-0.2, 0) is 5.75 Å². The third-order valence-electron chi connectivity index (χ3n) is 2.44. The molecule has 0 bridgehead atoms. The van der Waals surface area contributed by atoms with Gasteiger partial charge in [-0.05, 0) is 23.6 Å². The molecule has 2 heterocycles. The second-order valence-electron chi connectivity index (χ2n) is 3.74. The third-order valence-corrected chi connectivity index (χ3v) is 4.62. The van der Waals surface area contributed by atoms with Crippen LogP contribution in [0.4, 0.5) is 0 Å². The molecule has 96 valence electrons. The maximum Gasteiger partial charge on any atom is 0.237 e. The number of thiophene rings is 1. The van der Waals surface area contributed by atoms with Crippen LogP contribution in [0.3, 0.4) is 0 Å². The number of rotatable bonds is 4. The monoisotopic (exact) mass is 308 g/mol. The molecule has 19 heavy (non-hydrogen) atoms. The predicted molar refractivity (Wildman–Crippen MR) is 78.6 cm³/mol. The van der Waals surface area contributed by atoms with Crippen LogP contribution in [0.15, 0.2) is 50.5 Å². The molecule has 0 unspecified atom stereocenters. The minimum absolute atomic E-state index is 0.603. The van der Waals surface area contributed by atoms with E-state index in [2.05, 4.69) is 10.1 Å². The van der Waals surface area contributed by atoms with E-state index in [1.807, 2.05) is 41.1 Å². The molecule has 0 spiro atoms. The van der Waals surface area contributed by atoms with Crippen molar-refractivity contribution in [3.63, 3.8) is 0 Å². The Balaban J connectivity index is 1.70. The average Bonchev–Trinajstić information content (AvgIpc) is 3.09. The summed E-state index contributed by atoms with van der Waals surface area (Å²) >= 11 is 9.29. The first-order chi connectivity index (χ1) is 9.33. The number of nitrogens with zero attached hydrogens (tertiary/aromatic N) is 2. The molecular formula is C13H9ClN2OS2. The van der Waals surface area contributed by atoms with Crippen molar-refractivity contribution in [2.75, 3.05) is 0 Å². The van der Waals surface area contributed by atoms with Crippen LogP contribution in [0, 0.1) is 0 Å². The van der Waals surface area contributed by atoms with E-state index in [1.54, 1.807) is 23.1 Å². The molecule has 0 radical (unpaired) electrons. The summed E-state index contributed by atoms with van der Waals surface area (Å²) in [5, 5.41) is 8.69. The number of benzene rings is 1. The standard InChI is InChI=1S/C13H9ClN2OS2/c14-10-3-1-2-4-11(10)19-8-12-15-13(16-17-12)9-5-6-18-7-9/h1-7H,8H2. The molecule has 0 aliphatic heterocycles. The van der Waals surface area contributed by atoms with Gasteiger partial charge in [-0.15, -0.1) is 11.8 Å². The molecule has 3 nitrogen and oxygen atoms in total. The Hall–Kier alpha value is -1.30. The zero-order valence-electron chi connectivity index (χ0n) is 9.75. The van der Waals surface area contributed by atoms with E-state index in [0.717, 1.165) is 15.5 Å². The molecule has 3 aromatic rings. The van der Waals surface area contributed by atoms with Crippen molar-refractivity contribution in [3.05, 3.63) is 52.0 Å². The van der Waals surface area contributed by atoms with Crippen molar-refractivity contribution in [3.8, 4) is 11.4 Å². The lowest BCUT2D eigenvalue weighted by molar-refractivity contribution is 0.391. The van der Waals surface area contributed by atoms with Gasteiger partial charge in [0.15, 0.2) is 0 Å². The normalized spacial score (nSPS) is 10.8. The summed E-state index contributed by atoms with van der Waals surface area (Å²) in [7, 11) is 0. The fraction of sp³-hybridized carbons (Fsp3) is 0.0769. The minimum Gasteiger partial charge on any atom is -0.338 e. The van der Waals surface area contributed by atoms with E-state index in [4.69, 9.17) is 16.1 Å². The molecular weight excluding hydrogens is 300 g/mol. The van der Waals surface area contributed by atoms with Gasteiger partial charge in [-0.25, -0.2) is 0 Å². The number of hydrogen-bond donors (Lipinski definition) is 0. The topological polar surface area (TPSA) is 38.9 Å². The van der Waals surface area contributed by atoms with E-state index < -0.39 is 0 Å². The Morgan fingerprint density at radius 3 is 2.95 bits per heavy atom. The minimum atomic E-state index is 0.603. The van der Waals surface area contributed by atoms with Crippen molar-refractivity contribution < 1.29 is 4.52 Å². The lowest BCUT2D eigenvalue weighted by Gasteiger charge is -2.00. The van der Waals surface area contributed by atoms with Crippen molar-refractivity contribution >= 4 is 34.7 Å². The lowest BCUT2D eigenvalue weighted by atomic mass is 10.3. The van der Waals surface area contributed by atoms with Gasteiger partial charge in [0.1, 0.15) is 0 Å². The van der Waals surface area contributed by atoms with Crippen molar-refractivity contribution in [1.29, 1.82) is 0 Å². The van der Waals surface area contributed by atoms with Gasteiger partial charge in [0.2, 0.25) is 11.7 Å². The fourth-order valence-corrected chi connectivity index (χ4v) is 3.23. The van der Waals surface area contributed by atoms with Crippen molar-refractivity contribution in [1.82, 2.24) is 10.1 Å². The second-order valence-corrected chi connectivity index (χ2v) is 5.95. The largest absolute Gasteiger partial charge is 0.338 e. The lowest BCUT2D eigenvalue weighted by Crippen LogP contribution is -1.82. The van der Waals surface area contributed by atoms with Gasteiger partial charge in [0.25, 0.3) is 0 Å². The molecule has 0 saturated heterocycles. The molecule has 0 fully saturated rings. The Bertz CT molecular complexity index is 667.